The van der Waals surface area contributed by atoms with Crippen molar-refractivity contribution < 1.29 is 9.90 Å². The van der Waals surface area contributed by atoms with Crippen molar-refractivity contribution in [3.05, 3.63) is 64.7 Å². The average Bonchev–Trinajstić information content (AvgIpc) is 3.06. The van der Waals surface area contributed by atoms with Crippen LogP contribution in [-0.4, -0.2) is 11.0 Å². The van der Waals surface area contributed by atoms with Crippen LogP contribution in [0.3, 0.4) is 0 Å². The van der Waals surface area contributed by atoms with Crippen molar-refractivity contribution in [3.63, 3.8) is 0 Å². The number of carbonyl (C=O) groups is 1. The van der Waals surface area contributed by atoms with Crippen LogP contribution in [0.4, 0.5) is 0 Å². The van der Waals surface area contributed by atoms with Crippen LogP contribution in [0.15, 0.2) is 48.5 Å². The van der Waals surface area contributed by atoms with E-state index in [1.54, 1.807) is 18.2 Å². The van der Waals surface area contributed by atoms with Crippen molar-refractivity contribution in [1.82, 2.24) is 5.32 Å². The van der Waals surface area contributed by atoms with Crippen molar-refractivity contribution in [2.24, 2.45) is 0 Å². The number of aromatic hydroxyl groups is 1. The molecule has 0 bridgehead atoms. The number of phenolic OH excluding ortho intramolecular Hbond substituents is 1. The zero-order valence-electron chi connectivity index (χ0n) is 13.8. The first-order valence-corrected chi connectivity index (χ1v) is 8.75. The fourth-order valence-electron chi connectivity index (χ4n) is 3.61. The minimum Gasteiger partial charge on any atom is -0.508 e. The molecule has 3 nitrogen and oxygen atoms in total. The monoisotopic (exact) mass is 343 g/mol. The Morgan fingerprint density at radius 2 is 1.83 bits per heavy atom. The minimum absolute atomic E-state index is 0.0539. The highest BCUT2D eigenvalue weighted by molar-refractivity contribution is 6.30. The van der Waals surface area contributed by atoms with E-state index in [0.717, 1.165) is 36.8 Å². The molecule has 2 aromatic carbocycles. The van der Waals surface area contributed by atoms with Crippen LogP contribution in [-0.2, 0) is 10.2 Å². The number of carbonyl (C=O) groups excluding carboxylic acids is 1. The van der Waals surface area contributed by atoms with E-state index in [1.807, 2.05) is 37.3 Å². The van der Waals surface area contributed by atoms with Crippen LogP contribution >= 0.6 is 11.6 Å². The van der Waals surface area contributed by atoms with E-state index in [4.69, 9.17) is 11.6 Å². The maximum absolute atomic E-state index is 13.1. The van der Waals surface area contributed by atoms with Crippen LogP contribution in [0, 0.1) is 0 Å². The van der Waals surface area contributed by atoms with Gasteiger partial charge in [0.05, 0.1) is 11.5 Å². The van der Waals surface area contributed by atoms with Crippen molar-refractivity contribution in [1.29, 1.82) is 0 Å². The van der Waals surface area contributed by atoms with E-state index in [-0.39, 0.29) is 17.7 Å². The molecule has 24 heavy (non-hydrogen) atoms. The molecule has 1 unspecified atom stereocenters. The summed E-state index contributed by atoms with van der Waals surface area (Å²) in [6, 6.07) is 14.5. The molecule has 1 amide bonds. The van der Waals surface area contributed by atoms with Gasteiger partial charge in [-0.2, -0.15) is 0 Å². The highest BCUT2D eigenvalue weighted by atomic mass is 35.5. The Balaban J connectivity index is 1.84. The van der Waals surface area contributed by atoms with Crippen LogP contribution < -0.4 is 5.32 Å². The summed E-state index contributed by atoms with van der Waals surface area (Å²) in [4.78, 5) is 13.1. The summed E-state index contributed by atoms with van der Waals surface area (Å²) in [5.74, 6) is 0.264. The van der Waals surface area contributed by atoms with Crippen molar-refractivity contribution in [2.75, 3.05) is 0 Å². The van der Waals surface area contributed by atoms with Gasteiger partial charge in [0.2, 0.25) is 5.91 Å². The number of benzene rings is 2. The van der Waals surface area contributed by atoms with Gasteiger partial charge in [0.15, 0.2) is 0 Å². The van der Waals surface area contributed by atoms with Gasteiger partial charge in [0.25, 0.3) is 0 Å². The second kappa shape index (κ2) is 6.86. The fourth-order valence-corrected chi connectivity index (χ4v) is 3.73. The summed E-state index contributed by atoms with van der Waals surface area (Å²) >= 11 is 6.00. The second-order valence-electron chi connectivity index (χ2n) is 6.59. The minimum atomic E-state index is -0.477. The summed E-state index contributed by atoms with van der Waals surface area (Å²) in [5.41, 5.74) is 1.45. The first-order valence-electron chi connectivity index (χ1n) is 8.37. The molecule has 0 radical (unpaired) electrons. The number of amides is 1. The molecule has 1 fully saturated rings. The predicted molar refractivity (Wildman–Crippen MR) is 96.3 cm³/mol. The van der Waals surface area contributed by atoms with Gasteiger partial charge in [-0.3, -0.25) is 4.79 Å². The molecule has 1 saturated carbocycles. The van der Waals surface area contributed by atoms with Gasteiger partial charge in [0, 0.05) is 5.02 Å². The van der Waals surface area contributed by atoms with Gasteiger partial charge in [-0.05, 0) is 55.2 Å². The van der Waals surface area contributed by atoms with Gasteiger partial charge < -0.3 is 10.4 Å². The van der Waals surface area contributed by atoms with Crippen LogP contribution in [0.1, 0.15) is 49.8 Å². The number of nitrogens with one attached hydrogen (secondary N) is 1. The highest BCUT2D eigenvalue weighted by Gasteiger charge is 2.43. The predicted octanol–water partition coefficient (Wildman–Crippen LogP) is 4.73. The van der Waals surface area contributed by atoms with E-state index in [9.17, 15) is 9.90 Å². The Morgan fingerprint density at radius 1 is 1.17 bits per heavy atom. The summed E-state index contributed by atoms with van der Waals surface area (Å²) < 4.78 is 0. The number of rotatable bonds is 4. The van der Waals surface area contributed by atoms with E-state index < -0.39 is 5.41 Å². The lowest BCUT2D eigenvalue weighted by Crippen LogP contribution is -2.43. The molecule has 1 aliphatic rings. The number of hydrogen-bond donors (Lipinski definition) is 2. The third-order valence-corrected chi connectivity index (χ3v) is 5.26. The van der Waals surface area contributed by atoms with E-state index in [1.165, 1.54) is 0 Å². The van der Waals surface area contributed by atoms with Gasteiger partial charge in [0.1, 0.15) is 5.75 Å². The normalized spacial score (nSPS) is 17.4. The Hall–Kier alpha value is -2.00. The maximum Gasteiger partial charge on any atom is 0.231 e. The zero-order valence-corrected chi connectivity index (χ0v) is 14.5. The molecule has 0 aromatic heterocycles. The Morgan fingerprint density at radius 3 is 2.46 bits per heavy atom. The lowest BCUT2D eigenvalue weighted by Gasteiger charge is -2.30. The lowest BCUT2D eigenvalue weighted by molar-refractivity contribution is -0.127. The van der Waals surface area contributed by atoms with Gasteiger partial charge >= 0.3 is 0 Å². The molecule has 1 atom stereocenters. The molecule has 1 aliphatic carbocycles. The highest BCUT2D eigenvalue weighted by Crippen LogP contribution is 2.42. The Labute approximate surface area is 147 Å². The molecule has 0 spiro atoms. The van der Waals surface area contributed by atoms with E-state index in [0.29, 0.717) is 5.02 Å². The molecular weight excluding hydrogens is 322 g/mol. The van der Waals surface area contributed by atoms with Crippen LogP contribution in [0.25, 0.3) is 0 Å². The summed E-state index contributed by atoms with van der Waals surface area (Å²) in [5, 5.41) is 13.5. The SMILES string of the molecule is CC(NC(=O)C1(c2ccc(Cl)cc2)CCCC1)c1cccc(O)c1. The van der Waals surface area contributed by atoms with Crippen molar-refractivity contribution in [3.8, 4) is 5.75 Å². The third kappa shape index (κ3) is 3.27. The van der Waals surface area contributed by atoms with Crippen molar-refractivity contribution >= 4 is 17.5 Å². The van der Waals surface area contributed by atoms with Crippen LogP contribution in [0.5, 0.6) is 5.75 Å². The number of phenols is 1. The molecule has 2 N–H and O–H groups in total. The molecular formula is C20H22ClNO2. The maximum atomic E-state index is 13.1. The summed E-state index contributed by atoms with van der Waals surface area (Å²) in [6.07, 6.45) is 3.81. The first-order chi connectivity index (χ1) is 11.5. The van der Waals surface area contributed by atoms with Crippen LogP contribution in [0.2, 0.25) is 5.02 Å². The van der Waals surface area contributed by atoms with E-state index >= 15 is 0 Å². The van der Waals surface area contributed by atoms with Gasteiger partial charge in [-0.1, -0.05) is 48.7 Å². The summed E-state index contributed by atoms with van der Waals surface area (Å²) in [6.45, 7) is 1.94. The Kier molecular flexibility index (Phi) is 4.81. The Bertz CT molecular complexity index is 721. The molecule has 0 saturated heterocycles. The lowest BCUT2D eigenvalue weighted by atomic mass is 9.77. The number of halogens is 1. The topological polar surface area (TPSA) is 49.3 Å². The molecule has 4 heteroatoms. The third-order valence-electron chi connectivity index (χ3n) is 5.01. The van der Waals surface area contributed by atoms with Gasteiger partial charge in [-0.15, -0.1) is 0 Å². The molecule has 0 aliphatic heterocycles. The quantitative estimate of drug-likeness (QED) is 0.842. The zero-order chi connectivity index (χ0) is 17.2. The average molecular weight is 344 g/mol. The fraction of sp³-hybridized carbons (Fsp3) is 0.350. The molecule has 126 valence electrons. The first kappa shape index (κ1) is 16.8. The van der Waals surface area contributed by atoms with E-state index in [2.05, 4.69) is 5.32 Å². The largest absolute Gasteiger partial charge is 0.508 e. The second-order valence-corrected chi connectivity index (χ2v) is 7.02. The summed E-state index contributed by atoms with van der Waals surface area (Å²) in [7, 11) is 0. The number of hydrogen-bond acceptors (Lipinski definition) is 2. The molecule has 2 aromatic rings. The van der Waals surface area contributed by atoms with Gasteiger partial charge in [-0.25, -0.2) is 0 Å². The van der Waals surface area contributed by atoms with Crippen molar-refractivity contribution in [2.45, 2.75) is 44.1 Å². The smallest absolute Gasteiger partial charge is 0.231 e. The molecule has 0 heterocycles. The standard InChI is InChI=1S/C20H22ClNO2/c1-14(15-5-4-6-18(23)13-15)22-19(24)20(11-2-3-12-20)16-7-9-17(21)10-8-16/h4-10,13-14,23H,2-3,11-12H2,1H3,(H,22,24). The molecule has 3 rings (SSSR count).